The minimum atomic E-state index is -0.908. The van der Waals surface area contributed by atoms with E-state index in [1.54, 1.807) is 18.7 Å². The van der Waals surface area contributed by atoms with Gasteiger partial charge in [0, 0.05) is 47.7 Å². The van der Waals surface area contributed by atoms with Gasteiger partial charge in [-0.3, -0.25) is 9.78 Å². The van der Waals surface area contributed by atoms with Crippen LogP contribution in [0.15, 0.2) is 55.1 Å². The second kappa shape index (κ2) is 8.27. The fourth-order valence-corrected chi connectivity index (χ4v) is 4.86. The number of hydrogen-bond donors (Lipinski definition) is 1. The smallest absolute Gasteiger partial charge is 0.407 e. The quantitative estimate of drug-likeness (QED) is 0.654. The normalized spacial score (nSPS) is 19.9. The molecule has 8 nitrogen and oxygen atoms in total. The van der Waals surface area contributed by atoms with E-state index in [2.05, 4.69) is 9.97 Å². The van der Waals surface area contributed by atoms with Gasteiger partial charge >= 0.3 is 6.09 Å². The highest BCUT2D eigenvalue weighted by Crippen LogP contribution is 2.33. The Bertz CT molecular complexity index is 1150. The summed E-state index contributed by atoms with van der Waals surface area (Å²) in [6.45, 7) is 0.955. The predicted molar refractivity (Wildman–Crippen MR) is 119 cm³/mol. The zero-order valence-corrected chi connectivity index (χ0v) is 18.0. The highest BCUT2D eigenvalue weighted by atomic mass is 35.5. The Morgan fingerprint density at radius 2 is 1.62 bits per heavy atom. The average Bonchev–Trinajstić information content (AvgIpc) is 3.23. The third-order valence-electron chi connectivity index (χ3n) is 6.31. The van der Waals surface area contributed by atoms with Gasteiger partial charge in [0.1, 0.15) is 6.54 Å². The highest BCUT2D eigenvalue weighted by Gasteiger charge is 2.43. The van der Waals surface area contributed by atoms with Crippen molar-refractivity contribution in [1.29, 1.82) is 0 Å². The maximum Gasteiger partial charge on any atom is 0.407 e. The fourth-order valence-electron chi connectivity index (χ4n) is 4.74. The lowest BCUT2D eigenvalue weighted by atomic mass is 9.91. The molecular formula is C23H22ClN5O3. The molecule has 2 aromatic heterocycles. The minimum Gasteiger partial charge on any atom is -0.465 e. The topological polar surface area (TPSA) is 91.6 Å². The summed E-state index contributed by atoms with van der Waals surface area (Å²) in [5, 5.41) is 10.1. The molecule has 6 rings (SSSR count). The van der Waals surface area contributed by atoms with Crippen molar-refractivity contribution in [2.24, 2.45) is 0 Å². The Hall–Kier alpha value is -3.39. The molecule has 0 radical (unpaired) electrons. The Balaban J connectivity index is 1.45. The van der Waals surface area contributed by atoms with Crippen LogP contribution in [0.1, 0.15) is 12.8 Å². The van der Waals surface area contributed by atoms with Crippen molar-refractivity contribution in [2.75, 3.05) is 13.1 Å². The molecule has 1 aromatic carbocycles. The first-order valence-electron chi connectivity index (χ1n) is 10.5. The summed E-state index contributed by atoms with van der Waals surface area (Å²) < 4.78 is 1.86. The molecule has 3 aromatic rings. The lowest BCUT2D eigenvalue weighted by Gasteiger charge is -2.50. The van der Waals surface area contributed by atoms with Gasteiger partial charge in [-0.05, 0) is 37.1 Å². The van der Waals surface area contributed by atoms with Crippen molar-refractivity contribution in [1.82, 2.24) is 24.3 Å². The summed E-state index contributed by atoms with van der Waals surface area (Å²) >= 11 is 6.05. The van der Waals surface area contributed by atoms with E-state index in [-0.39, 0.29) is 24.5 Å². The summed E-state index contributed by atoms with van der Waals surface area (Å²) in [5.74, 6) is -0.0277. The molecule has 32 heavy (non-hydrogen) atoms. The van der Waals surface area contributed by atoms with Crippen molar-refractivity contribution < 1.29 is 14.7 Å². The first kappa shape index (κ1) is 20.5. The van der Waals surface area contributed by atoms with Crippen molar-refractivity contribution in [3.8, 4) is 22.5 Å². The minimum absolute atomic E-state index is 0.0277. The van der Waals surface area contributed by atoms with Crippen molar-refractivity contribution >= 4 is 23.6 Å². The van der Waals surface area contributed by atoms with Gasteiger partial charge in [0.15, 0.2) is 0 Å². The number of carbonyl (C=O) groups is 2. The van der Waals surface area contributed by atoms with Crippen LogP contribution in [0, 0.1) is 0 Å². The number of rotatable bonds is 4. The molecule has 2 amide bonds. The van der Waals surface area contributed by atoms with Gasteiger partial charge in [-0.15, -0.1) is 0 Å². The molecule has 3 fully saturated rings. The first-order chi connectivity index (χ1) is 15.5. The number of halogens is 1. The zero-order chi connectivity index (χ0) is 22.2. The molecule has 5 heterocycles. The summed E-state index contributed by atoms with van der Waals surface area (Å²) in [5.41, 5.74) is 3.41. The van der Waals surface area contributed by atoms with Gasteiger partial charge in [0.25, 0.3) is 0 Å². The van der Waals surface area contributed by atoms with Gasteiger partial charge in [0.05, 0.1) is 23.8 Å². The lowest BCUT2D eigenvalue weighted by molar-refractivity contribution is -0.141. The number of pyridine rings is 1. The van der Waals surface area contributed by atoms with Crippen molar-refractivity contribution in [2.45, 2.75) is 31.5 Å². The van der Waals surface area contributed by atoms with Crippen LogP contribution in [0.4, 0.5) is 4.79 Å². The summed E-state index contributed by atoms with van der Waals surface area (Å²) in [6.07, 6.45) is 5.83. The molecule has 164 valence electrons. The number of carboxylic acid groups (broad SMARTS) is 1. The van der Waals surface area contributed by atoms with E-state index in [0.29, 0.717) is 18.1 Å². The van der Waals surface area contributed by atoms with Gasteiger partial charge in [0.2, 0.25) is 5.91 Å². The van der Waals surface area contributed by atoms with Crippen LogP contribution in [0.5, 0.6) is 0 Å². The van der Waals surface area contributed by atoms with Crippen LogP contribution in [0.25, 0.3) is 22.5 Å². The highest BCUT2D eigenvalue weighted by molar-refractivity contribution is 6.30. The van der Waals surface area contributed by atoms with Crippen LogP contribution < -0.4 is 0 Å². The monoisotopic (exact) mass is 451 g/mol. The number of hydrogen-bond acceptors (Lipinski definition) is 4. The SMILES string of the molecule is O=C(O)N1C[C@@H]2CC[C@H]1CN2C(=O)Cn1cnc(-c2ccc(Cl)cc2)c1-c1ccncc1. The molecule has 1 N–H and O–H groups in total. The van der Waals surface area contributed by atoms with E-state index in [4.69, 9.17) is 11.6 Å². The van der Waals surface area contributed by atoms with Gasteiger partial charge in [-0.1, -0.05) is 23.7 Å². The summed E-state index contributed by atoms with van der Waals surface area (Å²) in [4.78, 5) is 36.8. The second-order valence-electron chi connectivity index (χ2n) is 8.18. The van der Waals surface area contributed by atoms with E-state index in [0.717, 1.165) is 35.4 Å². The Kier molecular flexibility index (Phi) is 5.30. The number of imidazole rings is 1. The lowest BCUT2D eigenvalue weighted by Crippen LogP contribution is -2.65. The van der Waals surface area contributed by atoms with Gasteiger partial charge < -0.3 is 19.5 Å². The van der Waals surface area contributed by atoms with E-state index in [1.807, 2.05) is 45.9 Å². The molecule has 9 heteroatoms. The van der Waals surface area contributed by atoms with E-state index in [1.165, 1.54) is 4.90 Å². The van der Waals surface area contributed by atoms with Crippen LogP contribution in [0.3, 0.4) is 0 Å². The number of benzene rings is 1. The van der Waals surface area contributed by atoms with Crippen LogP contribution in [0.2, 0.25) is 5.02 Å². The average molecular weight is 452 g/mol. The Morgan fingerprint density at radius 1 is 0.969 bits per heavy atom. The van der Waals surface area contributed by atoms with Crippen LogP contribution in [-0.4, -0.2) is 66.6 Å². The van der Waals surface area contributed by atoms with E-state index >= 15 is 0 Å². The van der Waals surface area contributed by atoms with E-state index in [9.17, 15) is 14.7 Å². The largest absolute Gasteiger partial charge is 0.465 e. The maximum absolute atomic E-state index is 13.3. The molecular weight excluding hydrogens is 430 g/mol. The molecule has 0 aliphatic carbocycles. The van der Waals surface area contributed by atoms with Crippen molar-refractivity contribution in [3.05, 3.63) is 60.1 Å². The molecule has 0 unspecified atom stereocenters. The number of nitrogens with zero attached hydrogens (tertiary/aromatic N) is 5. The number of amides is 2. The molecule has 2 bridgehead atoms. The Labute approximate surface area is 190 Å². The summed E-state index contributed by atoms with van der Waals surface area (Å²) in [7, 11) is 0. The van der Waals surface area contributed by atoms with Crippen LogP contribution >= 0.6 is 11.6 Å². The Morgan fingerprint density at radius 3 is 2.25 bits per heavy atom. The van der Waals surface area contributed by atoms with Crippen molar-refractivity contribution in [3.63, 3.8) is 0 Å². The third-order valence-corrected chi connectivity index (χ3v) is 6.56. The molecule has 3 aliphatic heterocycles. The molecule has 2 atom stereocenters. The number of carbonyl (C=O) groups excluding carboxylic acids is 1. The van der Waals surface area contributed by atoms with Gasteiger partial charge in [-0.2, -0.15) is 0 Å². The first-order valence-corrected chi connectivity index (χ1v) is 10.9. The number of aromatic nitrogens is 3. The number of piperidine rings is 2. The van der Waals surface area contributed by atoms with E-state index < -0.39 is 6.09 Å². The van der Waals surface area contributed by atoms with Crippen LogP contribution in [-0.2, 0) is 11.3 Å². The molecule has 0 saturated carbocycles. The standard InChI is InChI=1S/C23H22ClN5O3/c24-17-3-1-15(2-4-17)21-22(16-7-9-25-10-8-16)27(14-26-21)13-20(30)28-11-19-6-5-18(28)12-29(19)23(31)32/h1-4,7-10,14,18-19H,5-6,11-13H2,(H,31,32)/t18-,19-/m0/s1. The molecule has 0 spiro atoms. The molecule has 3 aliphatic rings. The maximum atomic E-state index is 13.3. The second-order valence-corrected chi connectivity index (χ2v) is 8.61. The number of fused-ring (bicyclic) bond motifs is 3. The zero-order valence-electron chi connectivity index (χ0n) is 17.3. The molecule has 3 saturated heterocycles. The fraction of sp³-hybridized carbons (Fsp3) is 0.304. The predicted octanol–water partition coefficient (Wildman–Crippen LogP) is 3.62. The summed E-state index contributed by atoms with van der Waals surface area (Å²) in [6, 6.07) is 11.0. The number of piperazine rings is 1. The van der Waals surface area contributed by atoms with Gasteiger partial charge in [-0.25, -0.2) is 9.78 Å². The third kappa shape index (κ3) is 3.71.